The third-order valence-corrected chi connectivity index (χ3v) is 15.2. The first-order valence-corrected chi connectivity index (χ1v) is 20.0. The van der Waals surface area contributed by atoms with Gasteiger partial charge in [-0.3, -0.25) is 0 Å². The van der Waals surface area contributed by atoms with Crippen LogP contribution in [0.25, 0.3) is 0 Å². The van der Waals surface area contributed by atoms with Crippen molar-refractivity contribution < 1.29 is 69.3 Å². The summed E-state index contributed by atoms with van der Waals surface area (Å²) in [5.41, 5.74) is -2.26. The predicted octanol–water partition coefficient (Wildman–Crippen LogP) is 0.702. The van der Waals surface area contributed by atoms with Gasteiger partial charge in [-0.1, -0.05) is 34.6 Å². The van der Waals surface area contributed by atoms with Gasteiger partial charge in [-0.2, -0.15) is 0 Å². The van der Waals surface area contributed by atoms with E-state index in [4.69, 9.17) is 28.4 Å². The number of methoxy groups -OCH3 is 2. The molecule has 0 spiro atoms. The van der Waals surface area contributed by atoms with E-state index in [1.54, 1.807) is 0 Å². The van der Waals surface area contributed by atoms with Crippen LogP contribution in [0.2, 0.25) is 0 Å². The van der Waals surface area contributed by atoms with E-state index in [0.717, 1.165) is 12.8 Å². The maximum Gasteiger partial charge on any atom is 0.187 e. The first-order valence-electron chi connectivity index (χ1n) is 20.0. The molecule has 14 nitrogen and oxygen atoms in total. The zero-order valence-corrected chi connectivity index (χ0v) is 32.6. The zero-order valence-electron chi connectivity index (χ0n) is 32.6. The maximum absolute atomic E-state index is 12.7. The van der Waals surface area contributed by atoms with Crippen LogP contribution in [0.4, 0.5) is 0 Å². The van der Waals surface area contributed by atoms with E-state index in [0.29, 0.717) is 32.1 Å². The number of hydrogen-bond donors (Lipinski definition) is 8. The molecule has 6 aliphatic rings. The number of ether oxygens (including phenoxy) is 6. The van der Waals surface area contributed by atoms with Crippen LogP contribution in [0, 0.1) is 46.3 Å². The fraction of sp³-hybridized carbons (Fsp3) is 1.00. The molecule has 0 aromatic carbocycles. The number of fused-ring (bicyclic) bond motifs is 5. The summed E-state index contributed by atoms with van der Waals surface area (Å²) >= 11 is 0. The van der Waals surface area contributed by atoms with Gasteiger partial charge in [-0.05, 0) is 79.4 Å². The molecule has 2 heterocycles. The fourth-order valence-electron chi connectivity index (χ4n) is 12.5. The van der Waals surface area contributed by atoms with Gasteiger partial charge in [0.15, 0.2) is 12.6 Å². The average Bonchev–Trinajstić information content (AvgIpc) is 3.55. The van der Waals surface area contributed by atoms with Crippen LogP contribution in [0.3, 0.4) is 0 Å². The summed E-state index contributed by atoms with van der Waals surface area (Å²) in [5.74, 6) is -0.891. The first kappa shape index (κ1) is 42.1. The van der Waals surface area contributed by atoms with E-state index in [2.05, 4.69) is 13.8 Å². The predicted molar refractivity (Wildman–Crippen MR) is 189 cm³/mol. The Bertz CT molecular complexity index is 1230. The molecule has 308 valence electrons. The van der Waals surface area contributed by atoms with E-state index < -0.39 is 103 Å². The van der Waals surface area contributed by atoms with Gasteiger partial charge in [-0.25, -0.2) is 0 Å². The van der Waals surface area contributed by atoms with Crippen molar-refractivity contribution in [3.05, 3.63) is 0 Å². The zero-order chi connectivity index (χ0) is 38.8. The van der Waals surface area contributed by atoms with E-state index in [1.807, 2.05) is 20.8 Å². The lowest BCUT2D eigenvalue weighted by molar-refractivity contribution is -0.313. The number of hydrogen-bond acceptors (Lipinski definition) is 14. The molecule has 53 heavy (non-hydrogen) atoms. The molecule has 0 aromatic heterocycles. The molecule has 21 atom stereocenters. The second kappa shape index (κ2) is 16.0. The van der Waals surface area contributed by atoms with Crippen LogP contribution in [0.15, 0.2) is 0 Å². The number of aliphatic hydroxyl groups excluding tert-OH is 7. The molecule has 0 bridgehead atoms. The Morgan fingerprint density at radius 3 is 2.13 bits per heavy atom. The molecule has 4 aliphatic carbocycles. The van der Waals surface area contributed by atoms with Gasteiger partial charge in [0.05, 0.1) is 49.3 Å². The molecular formula is C39H68O14. The van der Waals surface area contributed by atoms with Crippen molar-refractivity contribution in [3.63, 3.8) is 0 Å². The molecule has 8 N–H and O–H groups in total. The van der Waals surface area contributed by atoms with Crippen molar-refractivity contribution in [2.45, 2.75) is 171 Å². The van der Waals surface area contributed by atoms with Gasteiger partial charge in [0.1, 0.15) is 36.6 Å². The summed E-state index contributed by atoms with van der Waals surface area (Å²) in [7, 11) is 2.89. The van der Waals surface area contributed by atoms with Crippen molar-refractivity contribution in [2.75, 3.05) is 27.4 Å². The average molecular weight is 761 g/mol. The third kappa shape index (κ3) is 7.17. The minimum Gasteiger partial charge on any atom is -0.394 e. The van der Waals surface area contributed by atoms with Crippen molar-refractivity contribution >= 4 is 0 Å². The Hall–Kier alpha value is -0.560. The molecule has 4 saturated carbocycles. The van der Waals surface area contributed by atoms with Gasteiger partial charge >= 0.3 is 0 Å². The van der Waals surface area contributed by atoms with Crippen LogP contribution < -0.4 is 0 Å². The summed E-state index contributed by atoms with van der Waals surface area (Å²) in [4.78, 5) is 0. The molecule has 0 radical (unpaired) electrons. The van der Waals surface area contributed by atoms with Crippen LogP contribution in [0.1, 0.15) is 86.0 Å². The van der Waals surface area contributed by atoms with Gasteiger partial charge in [0.2, 0.25) is 0 Å². The molecular weight excluding hydrogens is 692 g/mol. The number of aliphatic hydroxyl groups is 8. The lowest BCUT2D eigenvalue weighted by Gasteiger charge is -2.66. The Kier molecular flexibility index (Phi) is 12.7. The summed E-state index contributed by atoms with van der Waals surface area (Å²) < 4.78 is 35.4. The molecule has 14 heteroatoms. The molecule has 2 unspecified atom stereocenters. The lowest BCUT2D eigenvalue weighted by atomic mass is 9.41. The third-order valence-electron chi connectivity index (χ3n) is 15.2. The summed E-state index contributed by atoms with van der Waals surface area (Å²) in [6, 6.07) is 0. The summed E-state index contributed by atoms with van der Waals surface area (Å²) in [5, 5.41) is 89.2. The lowest BCUT2D eigenvalue weighted by Crippen LogP contribution is -2.70. The fourth-order valence-corrected chi connectivity index (χ4v) is 12.5. The van der Waals surface area contributed by atoms with Crippen LogP contribution in [-0.2, 0) is 28.4 Å². The topological polar surface area (TPSA) is 217 Å². The van der Waals surface area contributed by atoms with E-state index in [9.17, 15) is 40.9 Å². The second-order valence-electron chi connectivity index (χ2n) is 18.3. The number of rotatable bonds is 12. The minimum absolute atomic E-state index is 0.0501. The first-order chi connectivity index (χ1) is 25.0. The second-order valence-corrected chi connectivity index (χ2v) is 18.3. The highest BCUT2D eigenvalue weighted by molar-refractivity contribution is 5.21. The Morgan fingerprint density at radius 2 is 1.49 bits per heavy atom. The molecule has 2 saturated heterocycles. The van der Waals surface area contributed by atoms with Crippen LogP contribution in [0.5, 0.6) is 0 Å². The minimum atomic E-state index is -1.31. The molecule has 0 aromatic rings. The molecule has 6 rings (SSSR count). The van der Waals surface area contributed by atoms with Crippen LogP contribution >= 0.6 is 0 Å². The molecule has 0 amide bonds. The van der Waals surface area contributed by atoms with Crippen LogP contribution in [-0.4, -0.2) is 154 Å². The molecule has 6 fully saturated rings. The van der Waals surface area contributed by atoms with E-state index >= 15 is 0 Å². The quantitative estimate of drug-likeness (QED) is 0.138. The van der Waals surface area contributed by atoms with E-state index in [1.165, 1.54) is 14.2 Å². The summed E-state index contributed by atoms with van der Waals surface area (Å²) in [6.45, 7) is 10.1. The van der Waals surface area contributed by atoms with Crippen molar-refractivity contribution in [1.29, 1.82) is 0 Å². The Morgan fingerprint density at radius 1 is 0.792 bits per heavy atom. The molecule has 2 aliphatic heterocycles. The van der Waals surface area contributed by atoms with Crippen molar-refractivity contribution in [1.82, 2.24) is 0 Å². The SMILES string of the molecule is CO[C@H]1[C@H](O[C@H]2[C@H](O[C@@H](CC[C@@H](C)[C@H]3C[C@@H](O)[C@@H]4[C@]3(C)CC[C@H]3[C@@]4(O)CC(O)C4[C@@H](O)[C@@H](O)CC[C@@]43C)C(C)C)O[C@H](CO)[C@@H]2O)OC[C@@H](OC)[C@@H]1O. The van der Waals surface area contributed by atoms with Gasteiger partial charge in [0.25, 0.3) is 0 Å². The normalized spacial score (nSPS) is 52.5. The highest BCUT2D eigenvalue weighted by Crippen LogP contribution is 2.70. The highest BCUT2D eigenvalue weighted by Gasteiger charge is 2.71. The summed E-state index contributed by atoms with van der Waals surface area (Å²) in [6.07, 6.45) is -7.34. The van der Waals surface area contributed by atoms with Crippen molar-refractivity contribution in [3.8, 4) is 0 Å². The highest BCUT2D eigenvalue weighted by atomic mass is 16.8. The van der Waals surface area contributed by atoms with Gasteiger partial charge in [-0.15, -0.1) is 0 Å². The van der Waals surface area contributed by atoms with Gasteiger partial charge < -0.3 is 69.3 Å². The Labute approximate surface area is 314 Å². The standard InChI is InChI=1S/C39H68O14/c1-18(2)24(51-36-33(30(45)25(16-40)52-36)53-35-32(49-7)31(46)26(48-6)17-50-35)9-8-19(3)20-14-22(42)34-37(20,4)13-11-27-38(5)12-10-21(41)29(44)28(38)23(43)15-39(27,34)47/h18-36,40-47H,8-17H2,1-7H3/t19-,20-,21+,22-,23?,24+,25-,26-,27-,28?,29+,30+,31+,32-,33-,34-,35+,36-,37-,38-,39+/m1/s1. The Balaban J connectivity index is 1.14. The van der Waals surface area contributed by atoms with Gasteiger partial charge in [0, 0.05) is 32.5 Å². The van der Waals surface area contributed by atoms with E-state index in [-0.39, 0.29) is 48.2 Å². The largest absolute Gasteiger partial charge is 0.394 e. The smallest absolute Gasteiger partial charge is 0.187 e. The maximum atomic E-state index is 12.7. The monoisotopic (exact) mass is 760 g/mol. The van der Waals surface area contributed by atoms with Crippen molar-refractivity contribution in [2.24, 2.45) is 46.3 Å².